The van der Waals surface area contributed by atoms with Crippen molar-refractivity contribution in [1.29, 1.82) is 0 Å². The summed E-state index contributed by atoms with van der Waals surface area (Å²) in [5, 5.41) is 0. The predicted octanol–water partition coefficient (Wildman–Crippen LogP) is 2.18. The van der Waals surface area contributed by atoms with Gasteiger partial charge in [0, 0.05) is 12.5 Å². The Balaban J connectivity index is 1.46. The van der Waals surface area contributed by atoms with E-state index in [0.29, 0.717) is 12.0 Å². The van der Waals surface area contributed by atoms with E-state index in [1.54, 1.807) is 0 Å². The van der Waals surface area contributed by atoms with Crippen LogP contribution in [0.15, 0.2) is 12.2 Å². The smallest absolute Gasteiger partial charge is 0.161 e. The minimum atomic E-state index is 0.0625. The van der Waals surface area contributed by atoms with Gasteiger partial charge in [-0.15, -0.1) is 0 Å². The first-order valence-corrected chi connectivity index (χ1v) is 7.06. The summed E-state index contributed by atoms with van der Waals surface area (Å²) in [4.78, 5) is 2.51. The highest BCUT2D eigenvalue weighted by molar-refractivity contribution is 4.92. The Bertz CT molecular complexity index is 273. The minimum Gasteiger partial charge on any atom is -0.350 e. The van der Waals surface area contributed by atoms with Crippen molar-refractivity contribution in [1.82, 2.24) is 4.90 Å². The molecule has 0 saturated carbocycles. The van der Waals surface area contributed by atoms with E-state index in [9.17, 15) is 0 Å². The minimum absolute atomic E-state index is 0.0625. The zero-order valence-corrected chi connectivity index (χ0v) is 10.5. The molecule has 17 heavy (non-hydrogen) atoms. The van der Waals surface area contributed by atoms with Gasteiger partial charge in [-0.2, -0.15) is 0 Å². The van der Waals surface area contributed by atoms with Crippen molar-refractivity contribution in [2.24, 2.45) is 5.92 Å². The molecule has 0 N–H and O–H groups in total. The van der Waals surface area contributed by atoms with Gasteiger partial charge in [0.05, 0.1) is 12.7 Å². The Morgan fingerprint density at radius 3 is 2.82 bits per heavy atom. The monoisotopic (exact) mass is 237 g/mol. The van der Waals surface area contributed by atoms with Crippen LogP contribution in [0, 0.1) is 5.92 Å². The average molecular weight is 237 g/mol. The Hall–Kier alpha value is -0.380. The first-order chi connectivity index (χ1) is 8.42. The number of likely N-dealkylation sites (tertiary alicyclic amines) is 1. The van der Waals surface area contributed by atoms with Crippen LogP contribution in [0.3, 0.4) is 0 Å². The van der Waals surface area contributed by atoms with E-state index in [-0.39, 0.29) is 6.29 Å². The fourth-order valence-corrected chi connectivity index (χ4v) is 3.13. The lowest BCUT2D eigenvalue weighted by Crippen LogP contribution is -2.32. The van der Waals surface area contributed by atoms with E-state index in [2.05, 4.69) is 17.1 Å². The van der Waals surface area contributed by atoms with Crippen LogP contribution < -0.4 is 0 Å². The van der Waals surface area contributed by atoms with Gasteiger partial charge in [0.1, 0.15) is 0 Å². The first-order valence-electron chi connectivity index (χ1n) is 7.06. The van der Waals surface area contributed by atoms with Crippen molar-refractivity contribution in [3.8, 4) is 0 Å². The molecule has 0 unspecified atom stereocenters. The molecule has 3 heteroatoms. The first kappa shape index (κ1) is 11.7. The second kappa shape index (κ2) is 5.51. The van der Waals surface area contributed by atoms with Gasteiger partial charge in [0.2, 0.25) is 0 Å². The fourth-order valence-electron chi connectivity index (χ4n) is 3.13. The van der Waals surface area contributed by atoms with Gasteiger partial charge in [0.15, 0.2) is 6.29 Å². The van der Waals surface area contributed by atoms with Crippen molar-refractivity contribution >= 4 is 0 Å². The van der Waals surface area contributed by atoms with Crippen molar-refractivity contribution in [3.63, 3.8) is 0 Å². The molecule has 3 nitrogen and oxygen atoms in total. The third kappa shape index (κ3) is 2.90. The summed E-state index contributed by atoms with van der Waals surface area (Å²) < 4.78 is 11.9. The zero-order chi connectivity index (χ0) is 11.5. The van der Waals surface area contributed by atoms with Crippen LogP contribution in [-0.2, 0) is 9.47 Å². The highest BCUT2D eigenvalue weighted by atomic mass is 16.7. The Labute approximate surface area is 104 Å². The number of hydrogen-bond donors (Lipinski definition) is 0. The van der Waals surface area contributed by atoms with Crippen LogP contribution in [0.1, 0.15) is 32.1 Å². The van der Waals surface area contributed by atoms with Crippen molar-refractivity contribution in [2.75, 3.05) is 26.2 Å². The molecule has 0 amide bonds. The number of ether oxygens (including phenoxy) is 2. The van der Waals surface area contributed by atoms with E-state index in [0.717, 1.165) is 19.6 Å². The number of nitrogens with zero attached hydrogens (tertiary/aromatic N) is 1. The lowest BCUT2D eigenvalue weighted by Gasteiger charge is -2.24. The molecule has 2 heterocycles. The Morgan fingerprint density at radius 2 is 2.06 bits per heavy atom. The van der Waals surface area contributed by atoms with Gasteiger partial charge in [0.25, 0.3) is 0 Å². The molecule has 3 rings (SSSR count). The summed E-state index contributed by atoms with van der Waals surface area (Å²) >= 11 is 0. The van der Waals surface area contributed by atoms with Gasteiger partial charge < -0.3 is 14.4 Å². The quantitative estimate of drug-likeness (QED) is 0.702. The summed E-state index contributed by atoms with van der Waals surface area (Å²) in [7, 11) is 0. The maximum Gasteiger partial charge on any atom is 0.161 e. The SMILES string of the molecule is C1=CC[C@H]([C@H]2OC[C@H](CN3CCCC3)O2)CC1. The molecule has 0 spiro atoms. The van der Waals surface area contributed by atoms with E-state index in [1.807, 2.05) is 0 Å². The summed E-state index contributed by atoms with van der Waals surface area (Å²) in [6.45, 7) is 4.35. The van der Waals surface area contributed by atoms with Crippen LogP contribution in [0.2, 0.25) is 0 Å². The maximum absolute atomic E-state index is 6.07. The van der Waals surface area contributed by atoms with Gasteiger partial charge in [-0.25, -0.2) is 0 Å². The van der Waals surface area contributed by atoms with Crippen LogP contribution in [0.25, 0.3) is 0 Å². The topological polar surface area (TPSA) is 21.7 Å². The van der Waals surface area contributed by atoms with Crippen molar-refractivity contribution in [2.45, 2.75) is 44.5 Å². The van der Waals surface area contributed by atoms with Crippen LogP contribution in [0.5, 0.6) is 0 Å². The lowest BCUT2D eigenvalue weighted by atomic mass is 9.94. The molecular formula is C14H23NO2. The van der Waals surface area contributed by atoms with Crippen LogP contribution in [0.4, 0.5) is 0 Å². The van der Waals surface area contributed by atoms with Gasteiger partial charge >= 0.3 is 0 Å². The van der Waals surface area contributed by atoms with Crippen molar-refractivity contribution in [3.05, 3.63) is 12.2 Å². The van der Waals surface area contributed by atoms with E-state index < -0.39 is 0 Å². The largest absolute Gasteiger partial charge is 0.350 e. The molecule has 3 aliphatic rings. The molecule has 2 aliphatic heterocycles. The fraction of sp³-hybridized carbons (Fsp3) is 0.857. The summed E-state index contributed by atoms with van der Waals surface area (Å²) in [5.41, 5.74) is 0. The molecule has 0 aromatic heterocycles. The molecule has 3 atom stereocenters. The maximum atomic E-state index is 6.07. The summed E-state index contributed by atoms with van der Waals surface area (Å²) in [6, 6.07) is 0. The molecule has 0 aromatic carbocycles. The van der Waals surface area contributed by atoms with Gasteiger partial charge in [-0.3, -0.25) is 0 Å². The predicted molar refractivity (Wildman–Crippen MR) is 66.8 cm³/mol. The molecule has 1 aliphatic carbocycles. The number of hydrogen-bond acceptors (Lipinski definition) is 3. The second-order valence-corrected chi connectivity index (χ2v) is 5.51. The van der Waals surface area contributed by atoms with Gasteiger partial charge in [-0.05, 0) is 45.2 Å². The number of allylic oxidation sites excluding steroid dienone is 2. The molecule has 0 bridgehead atoms. The average Bonchev–Trinajstić information content (AvgIpc) is 3.02. The second-order valence-electron chi connectivity index (χ2n) is 5.51. The van der Waals surface area contributed by atoms with Crippen LogP contribution in [-0.4, -0.2) is 43.5 Å². The molecular weight excluding hydrogens is 214 g/mol. The molecule has 2 saturated heterocycles. The molecule has 0 radical (unpaired) electrons. The normalized spacial score (nSPS) is 38.9. The summed E-state index contributed by atoms with van der Waals surface area (Å²) in [6.07, 6.45) is 11.1. The third-order valence-corrected chi connectivity index (χ3v) is 4.13. The molecule has 0 aromatic rings. The molecule has 96 valence electrons. The highest BCUT2D eigenvalue weighted by Crippen LogP contribution is 2.29. The van der Waals surface area contributed by atoms with Crippen LogP contribution >= 0.6 is 0 Å². The third-order valence-electron chi connectivity index (χ3n) is 4.13. The van der Waals surface area contributed by atoms with Crippen molar-refractivity contribution < 1.29 is 9.47 Å². The summed E-state index contributed by atoms with van der Waals surface area (Å²) in [5.74, 6) is 0.587. The lowest BCUT2D eigenvalue weighted by molar-refractivity contribution is -0.100. The van der Waals surface area contributed by atoms with Gasteiger partial charge in [-0.1, -0.05) is 12.2 Å². The Kier molecular flexibility index (Phi) is 3.79. The standard InChI is InChI=1S/C14H23NO2/c1-2-6-12(7-3-1)14-16-11-13(17-14)10-15-8-4-5-9-15/h1-2,12-14H,3-11H2/t12-,13-,14-/m0/s1. The molecule has 2 fully saturated rings. The number of rotatable bonds is 3. The highest BCUT2D eigenvalue weighted by Gasteiger charge is 2.33. The van der Waals surface area contributed by atoms with E-state index >= 15 is 0 Å². The van der Waals surface area contributed by atoms with E-state index in [1.165, 1.54) is 38.8 Å². The zero-order valence-electron chi connectivity index (χ0n) is 10.5. The Morgan fingerprint density at radius 1 is 1.18 bits per heavy atom. The van der Waals surface area contributed by atoms with E-state index in [4.69, 9.17) is 9.47 Å².